The van der Waals surface area contributed by atoms with E-state index in [1.54, 1.807) is 0 Å². The van der Waals surface area contributed by atoms with Gasteiger partial charge in [-0.05, 0) is 0 Å². The molecule has 66 valence electrons. The van der Waals surface area contributed by atoms with E-state index in [4.69, 9.17) is 5.73 Å². The monoisotopic (exact) mass is 266 g/mol. The molecule has 3 atom stereocenters. The Morgan fingerprint density at radius 2 is 2.00 bits per heavy atom. The first-order chi connectivity index (χ1) is 5.33. The molecule has 0 spiro atoms. The Kier molecular flexibility index (Phi) is 2.42. The van der Waals surface area contributed by atoms with Crippen LogP contribution >= 0.6 is 0 Å². The average Bonchev–Trinajstić information content (AvgIpc) is 2.79. The minimum atomic E-state index is 0.461. The first-order valence-electron chi connectivity index (χ1n) is 4.56. The molecular formula is C9H17IN-. The molecule has 2 fully saturated rings. The second-order valence-electron chi connectivity index (χ2n) is 3.91. The Balaban J connectivity index is 1.88. The van der Waals surface area contributed by atoms with Crippen LogP contribution in [0.4, 0.5) is 0 Å². The summed E-state index contributed by atoms with van der Waals surface area (Å²) in [6, 6.07) is 0.584. The molecule has 0 aliphatic heterocycles. The molecule has 0 saturated heterocycles. The Morgan fingerprint density at radius 3 is 2.27 bits per heavy atom. The van der Waals surface area contributed by atoms with Crippen LogP contribution in [0.1, 0.15) is 25.7 Å². The van der Waals surface area contributed by atoms with Crippen molar-refractivity contribution < 1.29 is 21.2 Å². The molecule has 0 radical (unpaired) electrons. The van der Waals surface area contributed by atoms with Crippen molar-refractivity contribution in [1.82, 2.24) is 0 Å². The summed E-state index contributed by atoms with van der Waals surface area (Å²) in [5.41, 5.74) is 5.98. The van der Waals surface area contributed by atoms with Gasteiger partial charge in [-0.15, -0.1) is 0 Å². The van der Waals surface area contributed by atoms with Crippen molar-refractivity contribution in [2.75, 3.05) is 4.93 Å². The van der Waals surface area contributed by atoms with Crippen LogP contribution in [0.15, 0.2) is 0 Å². The molecule has 2 rings (SSSR count). The molecule has 0 bridgehead atoms. The molecule has 0 aromatic rings. The fraction of sp³-hybridized carbons (Fsp3) is 1.00. The summed E-state index contributed by atoms with van der Waals surface area (Å²) in [6.45, 7) is 0. The molecule has 2 aliphatic carbocycles. The Bertz CT molecular complexity index is 144. The third-order valence-corrected chi connectivity index (χ3v) is 6.50. The zero-order chi connectivity index (χ0) is 7.84. The fourth-order valence-electron chi connectivity index (χ4n) is 2.05. The van der Waals surface area contributed by atoms with E-state index in [0.717, 1.165) is 15.8 Å². The average molecular weight is 266 g/mol. The molecule has 0 aromatic carbocycles. The predicted molar refractivity (Wildman–Crippen MR) is 43.1 cm³/mol. The van der Waals surface area contributed by atoms with Crippen molar-refractivity contribution in [3.8, 4) is 0 Å². The fourth-order valence-corrected chi connectivity index (χ4v) is 5.60. The van der Waals surface area contributed by atoms with Crippen molar-refractivity contribution in [3.63, 3.8) is 0 Å². The van der Waals surface area contributed by atoms with Crippen LogP contribution < -0.4 is 26.9 Å². The van der Waals surface area contributed by atoms with Crippen LogP contribution in [-0.2, 0) is 0 Å². The van der Waals surface area contributed by atoms with Crippen LogP contribution in [-0.4, -0.2) is 14.9 Å². The van der Waals surface area contributed by atoms with Gasteiger partial charge in [-0.1, -0.05) is 0 Å². The summed E-state index contributed by atoms with van der Waals surface area (Å²) in [6.07, 6.45) is 5.77. The van der Waals surface area contributed by atoms with Gasteiger partial charge in [0.15, 0.2) is 0 Å². The molecule has 0 aromatic heterocycles. The van der Waals surface area contributed by atoms with E-state index >= 15 is 0 Å². The van der Waals surface area contributed by atoms with E-state index < -0.39 is 0 Å². The van der Waals surface area contributed by atoms with Gasteiger partial charge < -0.3 is 0 Å². The molecule has 0 amide bonds. The standard InChI is InChI=1S/C9H17IN/c1-10-9(6-2-3-6)7-4-5-8(7)11/h6-9H,2-5,11H2,1H3/q-1. The van der Waals surface area contributed by atoms with Gasteiger partial charge in [0.05, 0.1) is 0 Å². The van der Waals surface area contributed by atoms with E-state index in [9.17, 15) is 0 Å². The van der Waals surface area contributed by atoms with Crippen LogP contribution in [0.2, 0.25) is 0 Å². The van der Waals surface area contributed by atoms with Gasteiger partial charge in [-0.25, -0.2) is 0 Å². The topological polar surface area (TPSA) is 26.0 Å². The number of rotatable bonds is 3. The van der Waals surface area contributed by atoms with Crippen molar-refractivity contribution in [1.29, 1.82) is 0 Å². The van der Waals surface area contributed by atoms with E-state index in [2.05, 4.69) is 4.93 Å². The summed E-state index contributed by atoms with van der Waals surface area (Å²) in [4.78, 5) is 2.44. The first-order valence-corrected chi connectivity index (χ1v) is 7.97. The number of hydrogen-bond donors (Lipinski definition) is 1. The van der Waals surface area contributed by atoms with Crippen LogP contribution in [0, 0.1) is 11.8 Å². The molecule has 2 aliphatic rings. The van der Waals surface area contributed by atoms with E-state index in [-0.39, 0.29) is 0 Å². The van der Waals surface area contributed by atoms with Crippen molar-refractivity contribution in [2.24, 2.45) is 17.6 Å². The number of nitrogens with two attached hydrogens (primary N) is 1. The first kappa shape index (κ1) is 8.30. The molecule has 0 heterocycles. The number of hydrogen-bond acceptors (Lipinski definition) is 1. The molecule has 2 heteroatoms. The van der Waals surface area contributed by atoms with Gasteiger partial charge in [-0.3, -0.25) is 0 Å². The van der Waals surface area contributed by atoms with Crippen molar-refractivity contribution in [2.45, 2.75) is 35.6 Å². The van der Waals surface area contributed by atoms with Gasteiger partial charge in [0.2, 0.25) is 0 Å². The van der Waals surface area contributed by atoms with Crippen LogP contribution in [0.25, 0.3) is 0 Å². The van der Waals surface area contributed by atoms with Gasteiger partial charge in [-0.2, -0.15) is 0 Å². The van der Waals surface area contributed by atoms with Gasteiger partial charge >= 0.3 is 79.4 Å². The summed E-state index contributed by atoms with van der Waals surface area (Å²) >= 11 is 0.461. The van der Waals surface area contributed by atoms with Crippen molar-refractivity contribution >= 4 is 0 Å². The minimum absolute atomic E-state index is 0.461. The zero-order valence-electron chi connectivity index (χ0n) is 7.09. The van der Waals surface area contributed by atoms with Gasteiger partial charge in [0.25, 0.3) is 0 Å². The number of alkyl halides is 2. The predicted octanol–water partition coefficient (Wildman–Crippen LogP) is -1.78. The Hall–Kier alpha value is 0.690. The third kappa shape index (κ3) is 1.57. The van der Waals surface area contributed by atoms with Crippen molar-refractivity contribution in [3.05, 3.63) is 0 Å². The van der Waals surface area contributed by atoms with Gasteiger partial charge in [0, 0.05) is 0 Å². The Morgan fingerprint density at radius 1 is 1.27 bits per heavy atom. The summed E-state index contributed by atoms with van der Waals surface area (Å²) in [5.74, 6) is 2.06. The Labute approximate surface area is 79.4 Å². The second-order valence-corrected chi connectivity index (χ2v) is 6.59. The summed E-state index contributed by atoms with van der Waals surface area (Å²) in [5, 5.41) is 0. The van der Waals surface area contributed by atoms with E-state index in [1.807, 2.05) is 0 Å². The normalized spacial score (nSPS) is 40.2. The molecule has 2 saturated carbocycles. The quantitative estimate of drug-likeness (QED) is 0.474. The maximum atomic E-state index is 5.98. The molecule has 1 nitrogen and oxygen atoms in total. The van der Waals surface area contributed by atoms with Gasteiger partial charge in [0.1, 0.15) is 0 Å². The zero-order valence-corrected chi connectivity index (χ0v) is 9.25. The summed E-state index contributed by atoms with van der Waals surface area (Å²) in [7, 11) is 0. The van der Waals surface area contributed by atoms with E-state index in [1.165, 1.54) is 25.7 Å². The van der Waals surface area contributed by atoms with Crippen LogP contribution in [0.3, 0.4) is 0 Å². The third-order valence-electron chi connectivity index (χ3n) is 3.12. The maximum absolute atomic E-state index is 5.98. The molecular weight excluding hydrogens is 249 g/mol. The molecule has 11 heavy (non-hydrogen) atoms. The molecule has 3 unspecified atom stereocenters. The second kappa shape index (κ2) is 3.21. The number of halogens is 1. The van der Waals surface area contributed by atoms with E-state index in [0.29, 0.717) is 27.2 Å². The SMILES string of the molecule is C[I-]C(C1CC1)C1CCC1N. The summed E-state index contributed by atoms with van der Waals surface area (Å²) < 4.78 is 1.09. The van der Waals surface area contributed by atoms with Crippen LogP contribution in [0.5, 0.6) is 0 Å². The molecule has 2 N–H and O–H groups in total.